The number of carbonyl (C=O) groups excluding carboxylic acids is 1. The van der Waals surface area contributed by atoms with Gasteiger partial charge in [0.2, 0.25) is 6.10 Å². The maximum atomic E-state index is 13.5. The largest absolute Gasteiger partial charge is 0.474 e. The molecule has 2 aromatic rings. The van der Waals surface area contributed by atoms with E-state index in [-0.39, 0.29) is 11.7 Å². The molecule has 2 aliphatic heterocycles. The molecule has 3 atom stereocenters. The number of amidine groups is 1. The van der Waals surface area contributed by atoms with E-state index in [9.17, 15) is 4.79 Å². The molecule has 6 nitrogen and oxygen atoms in total. The lowest BCUT2D eigenvalue weighted by Crippen LogP contribution is -2.44. The number of hydrogen-bond acceptors (Lipinski definition) is 4. The molecule has 1 unspecified atom stereocenters. The number of likely N-dealkylation sites (tertiary alicyclic amines) is 1. The Morgan fingerprint density at radius 2 is 1.71 bits per heavy atom. The number of para-hydroxylation sites is 2. The zero-order valence-corrected chi connectivity index (χ0v) is 20.5. The Morgan fingerprint density at radius 3 is 2.44 bits per heavy atom. The van der Waals surface area contributed by atoms with Gasteiger partial charge in [0.1, 0.15) is 11.6 Å². The molecular formula is C28H38N4O2. The van der Waals surface area contributed by atoms with E-state index in [1.165, 1.54) is 38.6 Å². The molecule has 1 saturated heterocycles. The first-order valence-corrected chi connectivity index (χ1v) is 12.7. The Labute approximate surface area is 203 Å². The van der Waals surface area contributed by atoms with Crippen molar-refractivity contribution in [3.63, 3.8) is 0 Å². The number of rotatable bonds is 9. The fourth-order valence-electron chi connectivity index (χ4n) is 5.36. The highest BCUT2D eigenvalue weighted by Gasteiger charge is 2.35. The van der Waals surface area contributed by atoms with Crippen molar-refractivity contribution in [2.45, 2.75) is 77.0 Å². The standard InChI is InChI=1S/C28H38N4O2/c1-20-11-9-12-21(2)31(20)17-7-3-4-8-18-32-24-15-5-6-16-25(24)34-26(28(32)33)22-13-10-14-23(19-22)27(29)30/h5-6,10,13-16,19-21,26H,3-4,7-9,11-12,17-18H2,1-2H3,(H3,29,30)/t20-,21+,26?. The minimum absolute atomic E-state index is 0.0179. The average molecular weight is 463 g/mol. The lowest BCUT2D eigenvalue weighted by Gasteiger charge is -2.39. The summed E-state index contributed by atoms with van der Waals surface area (Å²) in [6.07, 6.45) is 7.73. The van der Waals surface area contributed by atoms with Crippen LogP contribution in [0.25, 0.3) is 0 Å². The normalized spacial score (nSPS) is 22.8. The smallest absolute Gasteiger partial charge is 0.272 e. The molecule has 6 heteroatoms. The summed E-state index contributed by atoms with van der Waals surface area (Å²) in [4.78, 5) is 18.0. The number of nitrogens with zero attached hydrogens (tertiary/aromatic N) is 2. The van der Waals surface area contributed by atoms with E-state index in [0.717, 1.165) is 24.1 Å². The van der Waals surface area contributed by atoms with Crippen LogP contribution in [0, 0.1) is 5.41 Å². The number of fused-ring (bicyclic) bond motifs is 1. The quantitative estimate of drug-likeness (QED) is 0.302. The molecule has 0 bridgehead atoms. The van der Waals surface area contributed by atoms with Crippen LogP contribution in [0.4, 0.5) is 5.69 Å². The molecule has 1 amide bonds. The molecule has 4 rings (SSSR count). The fourth-order valence-corrected chi connectivity index (χ4v) is 5.36. The molecule has 2 heterocycles. The van der Waals surface area contributed by atoms with Crippen molar-refractivity contribution in [2.75, 3.05) is 18.0 Å². The topological polar surface area (TPSA) is 82.7 Å². The summed E-state index contributed by atoms with van der Waals surface area (Å²) in [5.74, 6) is 0.638. The van der Waals surface area contributed by atoms with E-state index < -0.39 is 6.10 Å². The third-order valence-electron chi connectivity index (χ3n) is 7.32. The monoisotopic (exact) mass is 462 g/mol. The number of unbranched alkanes of at least 4 members (excludes halogenated alkanes) is 3. The maximum absolute atomic E-state index is 13.5. The summed E-state index contributed by atoms with van der Waals surface area (Å²) in [7, 11) is 0. The zero-order valence-electron chi connectivity index (χ0n) is 20.5. The van der Waals surface area contributed by atoms with Gasteiger partial charge in [0.25, 0.3) is 5.91 Å². The predicted molar refractivity (Wildman–Crippen MR) is 138 cm³/mol. The maximum Gasteiger partial charge on any atom is 0.272 e. The van der Waals surface area contributed by atoms with Crippen molar-refractivity contribution in [3.05, 3.63) is 59.7 Å². The van der Waals surface area contributed by atoms with Gasteiger partial charge in [-0.25, -0.2) is 0 Å². The van der Waals surface area contributed by atoms with Gasteiger partial charge in [0.15, 0.2) is 0 Å². The number of carbonyl (C=O) groups is 1. The number of benzene rings is 2. The minimum atomic E-state index is -0.726. The second-order valence-electron chi connectivity index (χ2n) is 9.78. The number of ether oxygens (including phenoxy) is 1. The summed E-state index contributed by atoms with van der Waals surface area (Å²) in [5.41, 5.74) is 7.82. The molecule has 2 aliphatic rings. The van der Waals surface area contributed by atoms with Crippen LogP contribution in [0.5, 0.6) is 5.75 Å². The molecular weight excluding hydrogens is 424 g/mol. The van der Waals surface area contributed by atoms with Gasteiger partial charge < -0.3 is 15.4 Å². The molecule has 0 radical (unpaired) electrons. The lowest BCUT2D eigenvalue weighted by molar-refractivity contribution is -0.126. The summed E-state index contributed by atoms with van der Waals surface area (Å²) in [6.45, 7) is 6.58. The first-order chi connectivity index (χ1) is 16.5. The molecule has 182 valence electrons. The van der Waals surface area contributed by atoms with Crippen molar-refractivity contribution in [1.29, 1.82) is 5.41 Å². The van der Waals surface area contributed by atoms with Crippen molar-refractivity contribution in [1.82, 2.24) is 4.90 Å². The van der Waals surface area contributed by atoms with E-state index in [2.05, 4.69) is 18.7 Å². The van der Waals surface area contributed by atoms with E-state index in [4.69, 9.17) is 15.9 Å². The van der Waals surface area contributed by atoms with Gasteiger partial charge in [0, 0.05) is 29.8 Å². The van der Waals surface area contributed by atoms with E-state index >= 15 is 0 Å². The van der Waals surface area contributed by atoms with Crippen molar-refractivity contribution in [3.8, 4) is 5.75 Å². The van der Waals surface area contributed by atoms with E-state index in [0.29, 0.717) is 29.9 Å². The van der Waals surface area contributed by atoms with Crippen LogP contribution in [-0.4, -0.2) is 41.8 Å². The Balaban J connectivity index is 1.36. The molecule has 1 fully saturated rings. The summed E-state index contributed by atoms with van der Waals surface area (Å²) in [6, 6.07) is 16.4. The molecule has 0 spiro atoms. The fraction of sp³-hybridized carbons (Fsp3) is 0.500. The highest BCUT2D eigenvalue weighted by atomic mass is 16.5. The number of nitrogens with two attached hydrogens (primary N) is 1. The van der Waals surface area contributed by atoms with Crippen LogP contribution in [-0.2, 0) is 4.79 Å². The molecule has 0 aromatic heterocycles. The summed E-state index contributed by atoms with van der Waals surface area (Å²) >= 11 is 0. The van der Waals surface area contributed by atoms with Crippen molar-refractivity contribution in [2.24, 2.45) is 5.73 Å². The Bertz CT molecular complexity index is 997. The number of nitrogen functional groups attached to an aromatic ring is 1. The average Bonchev–Trinajstić information content (AvgIpc) is 2.83. The van der Waals surface area contributed by atoms with Crippen LogP contribution in [0.2, 0.25) is 0 Å². The van der Waals surface area contributed by atoms with Gasteiger partial charge >= 0.3 is 0 Å². The van der Waals surface area contributed by atoms with E-state index in [1.54, 1.807) is 12.1 Å². The van der Waals surface area contributed by atoms with Crippen LogP contribution in [0.3, 0.4) is 0 Å². The Morgan fingerprint density at radius 1 is 1.00 bits per heavy atom. The Hall–Kier alpha value is -2.86. The molecule has 0 saturated carbocycles. The molecule has 3 N–H and O–H groups in total. The Kier molecular flexibility index (Phi) is 7.88. The van der Waals surface area contributed by atoms with Gasteiger partial charge in [-0.05, 0) is 64.3 Å². The summed E-state index contributed by atoms with van der Waals surface area (Å²) in [5, 5.41) is 7.73. The number of nitrogens with one attached hydrogen (secondary N) is 1. The second-order valence-corrected chi connectivity index (χ2v) is 9.78. The lowest BCUT2D eigenvalue weighted by atomic mass is 9.97. The summed E-state index contributed by atoms with van der Waals surface area (Å²) < 4.78 is 6.12. The van der Waals surface area contributed by atoms with Crippen LogP contribution < -0.4 is 15.4 Å². The van der Waals surface area contributed by atoms with E-state index in [1.807, 2.05) is 41.3 Å². The number of piperidine rings is 1. The molecule has 0 aliphatic carbocycles. The van der Waals surface area contributed by atoms with Crippen molar-refractivity contribution < 1.29 is 9.53 Å². The molecule has 34 heavy (non-hydrogen) atoms. The first kappa shape index (κ1) is 24.3. The van der Waals surface area contributed by atoms with Gasteiger partial charge in [-0.3, -0.25) is 15.1 Å². The number of anilines is 1. The second kappa shape index (κ2) is 11.0. The van der Waals surface area contributed by atoms with Gasteiger partial charge in [0.05, 0.1) is 5.69 Å². The van der Waals surface area contributed by atoms with Crippen LogP contribution in [0.1, 0.15) is 76.0 Å². The first-order valence-electron chi connectivity index (χ1n) is 12.7. The number of amides is 1. The molecule has 2 aromatic carbocycles. The van der Waals surface area contributed by atoms with Gasteiger partial charge in [-0.2, -0.15) is 0 Å². The minimum Gasteiger partial charge on any atom is -0.474 e. The predicted octanol–water partition coefficient (Wildman–Crippen LogP) is 5.26. The van der Waals surface area contributed by atoms with Crippen molar-refractivity contribution >= 4 is 17.4 Å². The van der Waals surface area contributed by atoms with Crippen LogP contribution in [0.15, 0.2) is 48.5 Å². The van der Waals surface area contributed by atoms with Crippen LogP contribution >= 0.6 is 0 Å². The van der Waals surface area contributed by atoms with Gasteiger partial charge in [-0.15, -0.1) is 0 Å². The number of hydrogen-bond donors (Lipinski definition) is 2. The highest BCUT2D eigenvalue weighted by Crippen LogP contribution is 2.39. The highest BCUT2D eigenvalue weighted by molar-refractivity contribution is 6.01. The van der Waals surface area contributed by atoms with Gasteiger partial charge in [-0.1, -0.05) is 49.6 Å². The third-order valence-corrected chi connectivity index (χ3v) is 7.32. The SMILES string of the molecule is C[C@@H]1CCC[C@H](C)N1CCCCCCN1C(=O)C(c2cccc(C(=N)N)c2)Oc2ccccc21. The zero-order chi connectivity index (χ0) is 24.1. The third kappa shape index (κ3) is 5.44.